The van der Waals surface area contributed by atoms with Gasteiger partial charge in [-0.1, -0.05) is 18.2 Å². The molecule has 0 aromatic heterocycles. The standard InChI is InChI=1S/C17H21FN2O2/c1-11(21)19-12-6-8-20(9-7-12)17(22)15-10-14(15)13-4-2-3-5-16(13)18/h2-5,12,14-15H,6-10H2,1H3,(H,19,21)/t14-,15+/m0/s1. The minimum Gasteiger partial charge on any atom is -0.353 e. The zero-order valence-electron chi connectivity index (χ0n) is 12.7. The molecular weight excluding hydrogens is 283 g/mol. The van der Waals surface area contributed by atoms with Crippen LogP contribution in [0.4, 0.5) is 4.39 Å². The summed E-state index contributed by atoms with van der Waals surface area (Å²) in [5, 5.41) is 2.90. The fourth-order valence-electron chi connectivity index (χ4n) is 3.35. The first-order valence-electron chi connectivity index (χ1n) is 7.86. The van der Waals surface area contributed by atoms with Crippen molar-refractivity contribution in [1.29, 1.82) is 0 Å². The highest BCUT2D eigenvalue weighted by Crippen LogP contribution is 2.49. The second-order valence-electron chi connectivity index (χ2n) is 6.27. The van der Waals surface area contributed by atoms with Crippen LogP contribution >= 0.6 is 0 Å². The number of nitrogens with zero attached hydrogens (tertiary/aromatic N) is 1. The summed E-state index contributed by atoms with van der Waals surface area (Å²) in [6.45, 7) is 2.86. The molecule has 0 radical (unpaired) electrons. The van der Waals surface area contributed by atoms with Gasteiger partial charge < -0.3 is 10.2 Å². The van der Waals surface area contributed by atoms with Gasteiger partial charge in [0.25, 0.3) is 0 Å². The van der Waals surface area contributed by atoms with E-state index in [9.17, 15) is 14.0 Å². The van der Waals surface area contributed by atoms with Crippen molar-refractivity contribution in [2.45, 2.75) is 38.1 Å². The number of amides is 2. The van der Waals surface area contributed by atoms with Crippen LogP contribution in [-0.4, -0.2) is 35.8 Å². The first-order valence-corrected chi connectivity index (χ1v) is 7.86. The Kier molecular flexibility index (Phi) is 4.14. The Morgan fingerprint density at radius 1 is 1.23 bits per heavy atom. The third kappa shape index (κ3) is 3.13. The zero-order valence-corrected chi connectivity index (χ0v) is 12.7. The van der Waals surface area contributed by atoms with Gasteiger partial charge in [0.1, 0.15) is 5.82 Å². The van der Waals surface area contributed by atoms with Crippen LogP contribution in [0.25, 0.3) is 0 Å². The molecule has 3 rings (SSSR count). The molecule has 5 heteroatoms. The Balaban J connectivity index is 1.54. The first kappa shape index (κ1) is 15.0. The van der Waals surface area contributed by atoms with Crippen LogP contribution in [0.1, 0.15) is 37.7 Å². The number of hydrogen-bond acceptors (Lipinski definition) is 2. The number of carbonyl (C=O) groups is 2. The molecule has 0 unspecified atom stereocenters. The van der Waals surface area contributed by atoms with Gasteiger partial charge in [0.2, 0.25) is 11.8 Å². The molecule has 22 heavy (non-hydrogen) atoms. The van der Waals surface area contributed by atoms with E-state index in [0.717, 1.165) is 19.3 Å². The summed E-state index contributed by atoms with van der Waals surface area (Å²) in [6, 6.07) is 6.88. The molecule has 1 N–H and O–H groups in total. The van der Waals surface area contributed by atoms with Gasteiger partial charge in [0.05, 0.1) is 0 Å². The molecule has 0 spiro atoms. The smallest absolute Gasteiger partial charge is 0.226 e. The third-order valence-corrected chi connectivity index (χ3v) is 4.63. The van der Waals surface area contributed by atoms with E-state index in [1.54, 1.807) is 12.1 Å². The lowest BCUT2D eigenvalue weighted by Gasteiger charge is -2.32. The van der Waals surface area contributed by atoms with Crippen molar-refractivity contribution in [1.82, 2.24) is 10.2 Å². The lowest BCUT2D eigenvalue weighted by atomic mass is 10.0. The number of hydrogen-bond donors (Lipinski definition) is 1. The maximum atomic E-state index is 13.8. The number of piperidine rings is 1. The van der Waals surface area contributed by atoms with E-state index in [4.69, 9.17) is 0 Å². The molecule has 0 bridgehead atoms. The Bertz CT molecular complexity index is 582. The topological polar surface area (TPSA) is 49.4 Å². The van der Waals surface area contributed by atoms with E-state index in [2.05, 4.69) is 5.32 Å². The predicted octanol–water partition coefficient (Wildman–Crippen LogP) is 2.06. The molecule has 1 aromatic rings. The van der Waals surface area contributed by atoms with Gasteiger partial charge in [-0.3, -0.25) is 9.59 Å². The van der Waals surface area contributed by atoms with Gasteiger partial charge >= 0.3 is 0 Å². The van der Waals surface area contributed by atoms with Crippen molar-refractivity contribution < 1.29 is 14.0 Å². The number of likely N-dealkylation sites (tertiary alicyclic amines) is 1. The summed E-state index contributed by atoms with van der Waals surface area (Å²) in [4.78, 5) is 25.4. The van der Waals surface area contributed by atoms with E-state index in [1.807, 2.05) is 11.0 Å². The van der Waals surface area contributed by atoms with Gasteiger partial charge in [0, 0.05) is 32.0 Å². The van der Waals surface area contributed by atoms with Crippen molar-refractivity contribution >= 4 is 11.8 Å². The largest absolute Gasteiger partial charge is 0.353 e. The minimum atomic E-state index is -0.216. The van der Waals surface area contributed by atoms with Crippen LogP contribution in [0.15, 0.2) is 24.3 Å². The van der Waals surface area contributed by atoms with Gasteiger partial charge in [-0.25, -0.2) is 4.39 Å². The summed E-state index contributed by atoms with van der Waals surface area (Å²) in [5.41, 5.74) is 0.661. The van der Waals surface area contributed by atoms with Crippen LogP contribution in [0.3, 0.4) is 0 Å². The highest BCUT2D eigenvalue weighted by atomic mass is 19.1. The second-order valence-corrected chi connectivity index (χ2v) is 6.27. The summed E-state index contributed by atoms with van der Waals surface area (Å²) in [6.07, 6.45) is 2.33. The Labute approximate surface area is 129 Å². The molecule has 2 aliphatic rings. The van der Waals surface area contributed by atoms with Crippen LogP contribution in [0.2, 0.25) is 0 Å². The Morgan fingerprint density at radius 3 is 2.55 bits per heavy atom. The molecule has 1 saturated heterocycles. The van der Waals surface area contributed by atoms with Crippen molar-refractivity contribution in [3.05, 3.63) is 35.6 Å². The fraction of sp³-hybridized carbons (Fsp3) is 0.529. The lowest BCUT2D eigenvalue weighted by molar-refractivity contribution is -0.133. The lowest BCUT2D eigenvalue weighted by Crippen LogP contribution is -2.46. The van der Waals surface area contributed by atoms with Crippen LogP contribution in [-0.2, 0) is 9.59 Å². The summed E-state index contributed by atoms with van der Waals surface area (Å²) < 4.78 is 13.8. The molecule has 2 amide bonds. The molecule has 1 saturated carbocycles. The average Bonchev–Trinajstić information content (AvgIpc) is 3.27. The molecule has 1 aromatic carbocycles. The highest BCUT2D eigenvalue weighted by molar-refractivity contribution is 5.83. The van der Waals surface area contributed by atoms with Gasteiger partial charge in [-0.2, -0.15) is 0 Å². The molecule has 2 fully saturated rings. The monoisotopic (exact) mass is 304 g/mol. The van der Waals surface area contributed by atoms with Gasteiger partial charge in [0.15, 0.2) is 0 Å². The van der Waals surface area contributed by atoms with Crippen LogP contribution in [0.5, 0.6) is 0 Å². The fourth-order valence-corrected chi connectivity index (χ4v) is 3.35. The minimum absolute atomic E-state index is 0.0217. The summed E-state index contributed by atoms with van der Waals surface area (Å²) in [5.74, 6) is -0.149. The van der Waals surface area contributed by atoms with Crippen molar-refractivity contribution in [2.75, 3.05) is 13.1 Å². The molecule has 1 aliphatic carbocycles. The number of rotatable bonds is 3. The van der Waals surface area contributed by atoms with Crippen molar-refractivity contribution in [3.63, 3.8) is 0 Å². The van der Waals surface area contributed by atoms with E-state index >= 15 is 0 Å². The number of carbonyl (C=O) groups excluding carboxylic acids is 2. The highest BCUT2D eigenvalue weighted by Gasteiger charge is 2.47. The van der Waals surface area contributed by atoms with Crippen molar-refractivity contribution in [2.24, 2.45) is 5.92 Å². The third-order valence-electron chi connectivity index (χ3n) is 4.63. The normalized spacial score (nSPS) is 24.9. The summed E-state index contributed by atoms with van der Waals surface area (Å²) in [7, 11) is 0. The first-order chi connectivity index (χ1) is 10.6. The SMILES string of the molecule is CC(=O)NC1CCN(C(=O)[C@@H]2C[C@H]2c2ccccc2F)CC1. The Hall–Kier alpha value is -1.91. The molecule has 1 aliphatic heterocycles. The van der Waals surface area contributed by atoms with Crippen LogP contribution in [0, 0.1) is 11.7 Å². The van der Waals surface area contributed by atoms with Crippen molar-refractivity contribution in [3.8, 4) is 0 Å². The maximum Gasteiger partial charge on any atom is 0.226 e. The summed E-state index contributed by atoms with van der Waals surface area (Å²) >= 11 is 0. The van der Waals surface area contributed by atoms with E-state index < -0.39 is 0 Å². The number of halogens is 1. The van der Waals surface area contributed by atoms with Crippen LogP contribution < -0.4 is 5.32 Å². The second kappa shape index (κ2) is 6.07. The molecule has 1 heterocycles. The quantitative estimate of drug-likeness (QED) is 0.929. The van der Waals surface area contributed by atoms with Gasteiger partial charge in [-0.15, -0.1) is 0 Å². The molecular formula is C17H21FN2O2. The van der Waals surface area contributed by atoms with E-state index in [1.165, 1.54) is 13.0 Å². The molecule has 118 valence electrons. The predicted molar refractivity (Wildman–Crippen MR) is 80.7 cm³/mol. The van der Waals surface area contributed by atoms with E-state index in [-0.39, 0.29) is 35.5 Å². The number of nitrogens with one attached hydrogen (secondary N) is 1. The Morgan fingerprint density at radius 2 is 1.91 bits per heavy atom. The zero-order chi connectivity index (χ0) is 15.7. The molecule has 2 atom stereocenters. The molecule has 4 nitrogen and oxygen atoms in total. The number of benzene rings is 1. The maximum absolute atomic E-state index is 13.8. The van der Waals surface area contributed by atoms with E-state index in [0.29, 0.717) is 18.7 Å². The average molecular weight is 304 g/mol. The van der Waals surface area contributed by atoms with Gasteiger partial charge in [-0.05, 0) is 36.8 Å².